The first-order valence-electron chi connectivity index (χ1n) is 13.9. The van der Waals surface area contributed by atoms with E-state index >= 15 is 0 Å². The highest BCUT2D eigenvalue weighted by atomic mass is 16.3. The van der Waals surface area contributed by atoms with Crippen molar-refractivity contribution in [3.8, 4) is 45.6 Å². The van der Waals surface area contributed by atoms with Gasteiger partial charge in [0.1, 0.15) is 11.5 Å². The first-order valence-corrected chi connectivity index (χ1v) is 13.9. The molecular formula is C34H38O8. The van der Waals surface area contributed by atoms with E-state index in [0.717, 1.165) is 0 Å². The van der Waals surface area contributed by atoms with Crippen LogP contribution in [-0.4, -0.2) is 43.2 Å². The van der Waals surface area contributed by atoms with Gasteiger partial charge in [-0.05, 0) is 57.7 Å². The minimum absolute atomic E-state index is 0.0120. The fourth-order valence-electron chi connectivity index (χ4n) is 6.03. The minimum atomic E-state index is -0.658. The van der Waals surface area contributed by atoms with Crippen LogP contribution in [-0.2, 0) is 23.7 Å². The molecule has 0 fully saturated rings. The second-order valence-electron chi connectivity index (χ2n) is 12.8. The van der Waals surface area contributed by atoms with Gasteiger partial charge >= 0.3 is 0 Å². The lowest BCUT2D eigenvalue weighted by atomic mass is 9.73. The van der Waals surface area contributed by atoms with E-state index in [2.05, 4.69) is 0 Å². The van der Waals surface area contributed by atoms with Crippen LogP contribution in [0, 0.1) is 0 Å². The lowest BCUT2D eigenvalue weighted by molar-refractivity contribution is 0.111. The summed E-state index contributed by atoms with van der Waals surface area (Å²) in [4.78, 5) is 24.5. The van der Waals surface area contributed by atoms with Crippen molar-refractivity contribution in [2.24, 2.45) is 0 Å². The maximum Gasteiger partial charge on any atom is 0.169 e. The molecule has 4 aromatic rings. The number of hydrogen-bond donors (Lipinski definition) is 6. The highest BCUT2D eigenvalue weighted by Crippen LogP contribution is 2.56. The Morgan fingerprint density at radius 2 is 0.857 bits per heavy atom. The van der Waals surface area contributed by atoms with Crippen molar-refractivity contribution in [2.45, 2.75) is 79.1 Å². The van der Waals surface area contributed by atoms with Crippen molar-refractivity contribution >= 4 is 34.1 Å². The van der Waals surface area contributed by atoms with Crippen molar-refractivity contribution in [2.75, 3.05) is 0 Å². The van der Waals surface area contributed by atoms with E-state index in [1.165, 1.54) is 0 Å². The minimum Gasteiger partial charge on any atom is -0.507 e. The van der Waals surface area contributed by atoms with Crippen molar-refractivity contribution < 1.29 is 40.2 Å². The van der Waals surface area contributed by atoms with Crippen molar-refractivity contribution in [1.29, 1.82) is 0 Å². The van der Waals surface area contributed by atoms with E-state index in [1.807, 2.05) is 41.5 Å². The van der Waals surface area contributed by atoms with Crippen LogP contribution in [0.1, 0.15) is 98.4 Å². The molecule has 0 saturated carbocycles. The molecule has 8 nitrogen and oxygen atoms in total. The van der Waals surface area contributed by atoms with Crippen LogP contribution in [0.2, 0.25) is 0 Å². The number of aldehydes is 2. The summed E-state index contributed by atoms with van der Waals surface area (Å²) in [6, 6.07) is 3.50. The number of carbonyl (C=O) groups excluding carboxylic acids is 2. The molecule has 0 bridgehead atoms. The molecule has 222 valence electrons. The Labute approximate surface area is 244 Å². The topological polar surface area (TPSA) is 156 Å². The zero-order chi connectivity index (χ0) is 31.6. The molecule has 42 heavy (non-hydrogen) atoms. The summed E-state index contributed by atoms with van der Waals surface area (Å²) in [7, 11) is 0. The average Bonchev–Trinajstić information content (AvgIpc) is 2.90. The molecule has 0 aliphatic rings. The fraction of sp³-hybridized carbons (Fsp3) is 0.353. The number of aryl methyl sites for hydroxylation is 2. The summed E-state index contributed by atoms with van der Waals surface area (Å²) >= 11 is 0. The molecular weight excluding hydrogens is 536 g/mol. The van der Waals surface area contributed by atoms with Crippen molar-refractivity contribution in [3.05, 3.63) is 45.5 Å². The van der Waals surface area contributed by atoms with E-state index in [1.54, 1.807) is 26.0 Å². The lowest BCUT2D eigenvalue weighted by Gasteiger charge is -2.31. The Hall–Kier alpha value is -4.46. The predicted molar refractivity (Wildman–Crippen MR) is 164 cm³/mol. The zero-order valence-electron chi connectivity index (χ0n) is 25.2. The van der Waals surface area contributed by atoms with Gasteiger partial charge in [0.25, 0.3) is 0 Å². The Kier molecular flexibility index (Phi) is 7.35. The number of carbonyl (C=O) groups is 2. The maximum atomic E-state index is 12.2. The van der Waals surface area contributed by atoms with Gasteiger partial charge < -0.3 is 30.6 Å². The Morgan fingerprint density at radius 1 is 0.548 bits per heavy atom. The molecule has 0 radical (unpaired) electrons. The van der Waals surface area contributed by atoms with Gasteiger partial charge in [0.15, 0.2) is 35.6 Å². The highest BCUT2D eigenvalue weighted by molar-refractivity contribution is 6.14. The molecule has 0 atom stereocenters. The maximum absolute atomic E-state index is 12.2. The van der Waals surface area contributed by atoms with Crippen molar-refractivity contribution in [3.63, 3.8) is 0 Å². The van der Waals surface area contributed by atoms with Gasteiger partial charge in [0.05, 0.1) is 11.1 Å². The van der Waals surface area contributed by atoms with Crippen LogP contribution < -0.4 is 0 Å². The Morgan fingerprint density at radius 3 is 1.10 bits per heavy atom. The fourth-order valence-corrected chi connectivity index (χ4v) is 6.03. The van der Waals surface area contributed by atoms with Crippen LogP contribution in [0.25, 0.3) is 32.7 Å². The second-order valence-corrected chi connectivity index (χ2v) is 12.8. The van der Waals surface area contributed by atoms with Crippen LogP contribution in [0.3, 0.4) is 0 Å². The lowest BCUT2D eigenvalue weighted by Crippen LogP contribution is -2.17. The van der Waals surface area contributed by atoms with Gasteiger partial charge in [-0.1, -0.05) is 55.4 Å². The monoisotopic (exact) mass is 574 g/mol. The van der Waals surface area contributed by atoms with Crippen LogP contribution >= 0.6 is 0 Å². The van der Waals surface area contributed by atoms with E-state index < -0.39 is 45.3 Å². The summed E-state index contributed by atoms with van der Waals surface area (Å²) in [5.41, 5.74) is 0.251. The number of phenols is 6. The van der Waals surface area contributed by atoms with E-state index in [4.69, 9.17) is 0 Å². The Balaban J connectivity index is 2.45. The normalized spacial score (nSPS) is 12.3. The van der Waals surface area contributed by atoms with Gasteiger partial charge in [-0.15, -0.1) is 0 Å². The molecule has 0 aromatic heterocycles. The number of benzene rings is 4. The second kappa shape index (κ2) is 10.1. The standard InChI is InChI=1S/C34H38O8/c1-9-15-17-11-21(33(3,4)5)25(31(41)23(17)19(13-35)29(39)27(15)37)26-22(34(6,7)8)12-18-16(10-2)28(38)30(40)20(14-36)24(18)32(26)42/h11-14,37-42H,9-10H2,1-8H3. The van der Waals surface area contributed by atoms with Gasteiger partial charge in [-0.3, -0.25) is 9.59 Å². The summed E-state index contributed by atoms with van der Waals surface area (Å²) < 4.78 is 0. The molecule has 6 N–H and O–H groups in total. The highest BCUT2D eigenvalue weighted by Gasteiger charge is 2.34. The molecule has 0 aliphatic heterocycles. The van der Waals surface area contributed by atoms with Gasteiger partial charge in [0, 0.05) is 33.0 Å². The van der Waals surface area contributed by atoms with Gasteiger partial charge in [0.2, 0.25) is 0 Å². The summed E-state index contributed by atoms with van der Waals surface area (Å²) in [6.07, 6.45) is 1.30. The molecule has 0 unspecified atom stereocenters. The number of fused-ring (bicyclic) bond motifs is 2. The summed E-state index contributed by atoms with van der Waals surface area (Å²) in [5.74, 6) is -2.99. The van der Waals surface area contributed by atoms with Gasteiger partial charge in [-0.2, -0.15) is 0 Å². The molecule has 0 aliphatic carbocycles. The molecule has 4 aromatic carbocycles. The molecule has 0 spiro atoms. The number of hydrogen-bond acceptors (Lipinski definition) is 8. The Bertz CT molecular complexity index is 1670. The third kappa shape index (κ3) is 4.28. The molecule has 0 saturated heterocycles. The van der Waals surface area contributed by atoms with E-state index in [0.29, 0.717) is 45.6 Å². The van der Waals surface area contributed by atoms with E-state index in [9.17, 15) is 40.2 Å². The third-order valence-corrected chi connectivity index (χ3v) is 8.13. The summed E-state index contributed by atoms with van der Waals surface area (Å²) in [5, 5.41) is 67.9. The molecule has 8 heteroatoms. The number of aromatic hydroxyl groups is 6. The molecule has 0 heterocycles. The van der Waals surface area contributed by atoms with Crippen LogP contribution in [0.4, 0.5) is 0 Å². The average molecular weight is 575 g/mol. The zero-order valence-corrected chi connectivity index (χ0v) is 25.2. The number of phenolic OH excluding ortho intramolecular Hbond substituents is 6. The van der Waals surface area contributed by atoms with Crippen molar-refractivity contribution in [1.82, 2.24) is 0 Å². The summed E-state index contributed by atoms with van der Waals surface area (Å²) in [6.45, 7) is 15.0. The van der Waals surface area contributed by atoms with Crippen LogP contribution in [0.15, 0.2) is 12.1 Å². The van der Waals surface area contributed by atoms with E-state index in [-0.39, 0.29) is 45.9 Å². The molecule has 0 amide bonds. The SMILES string of the molecule is CCc1c(O)c(O)c(C=O)c2c(O)c(-c3c(C(C)(C)C)cc4c(CC)c(O)c(O)c(C=O)c4c3O)c(C(C)(C)C)cc12. The third-order valence-electron chi connectivity index (χ3n) is 8.13. The largest absolute Gasteiger partial charge is 0.507 e. The quantitative estimate of drug-likeness (QED) is 0.108. The molecule has 4 rings (SSSR count). The first-order chi connectivity index (χ1) is 19.5. The predicted octanol–water partition coefficient (Wildman–Crippen LogP) is 7.24. The van der Waals surface area contributed by atoms with Gasteiger partial charge in [-0.25, -0.2) is 0 Å². The number of rotatable bonds is 5. The first kappa shape index (κ1) is 30.5. The van der Waals surface area contributed by atoms with Crippen LogP contribution in [0.5, 0.6) is 34.5 Å². The smallest absolute Gasteiger partial charge is 0.169 e.